The minimum atomic E-state index is -0.726. The fraction of sp³-hybridized carbons (Fsp3) is 0.915. The molecule has 7 nitrogen and oxygen atoms in total. The molecule has 0 aromatic rings. The Morgan fingerprint density at radius 1 is 0.519 bits per heavy atom. The number of hydrogen-bond acceptors (Lipinski definition) is 7. The van der Waals surface area contributed by atoms with Crippen molar-refractivity contribution < 1.29 is 29.3 Å². The number of aliphatic hydroxyl groups excluding tert-OH is 2. The second-order valence-electron chi connectivity index (χ2n) is 16.2. The van der Waals surface area contributed by atoms with Crippen molar-refractivity contribution in [3.63, 3.8) is 0 Å². The van der Waals surface area contributed by atoms with Gasteiger partial charge in [-0.1, -0.05) is 168 Å². The average Bonchev–Trinajstić information content (AvgIpc) is 3.17. The third-order valence-electron chi connectivity index (χ3n) is 10.9. The van der Waals surface area contributed by atoms with Crippen LogP contribution in [0.4, 0.5) is 0 Å². The molecule has 0 spiro atoms. The Labute approximate surface area is 335 Å². The van der Waals surface area contributed by atoms with Crippen molar-refractivity contribution in [3.8, 4) is 0 Å². The molecule has 0 heterocycles. The van der Waals surface area contributed by atoms with Crippen LogP contribution in [0.2, 0.25) is 0 Å². The van der Waals surface area contributed by atoms with E-state index < -0.39 is 6.10 Å². The lowest BCUT2D eigenvalue weighted by molar-refractivity contribution is -0.150. The lowest BCUT2D eigenvalue weighted by atomic mass is 9.94. The van der Waals surface area contributed by atoms with Gasteiger partial charge >= 0.3 is 11.9 Å². The number of hydrogen-bond donors (Lipinski definition) is 2. The standard InChI is InChI=1S/C47H91NO6/c1-5-9-13-17-19-27-35-43(33-25-15-11-7-3)46(51)53-39-31-23-21-29-37-48(41-45(50)42-49)38-30-22-24-32-40-54-47(52)44(34-26-16-12-8-4)36-28-20-18-14-10-6-2/h19,27,43-45,49-50H,5-18,20-26,28-42H2,1-4H3/b27-19+. The maximum absolute atomic E-state index is 12.9. The van der Waals surface area contributed by atoms with Crippen LogP contribution in [0.15, 0.2) is 12.2 Å². The average molecular weight is 766 g/mol. The van der Waals surface area contributed by atoms with Crippen molar-refractivity contribution in [2.75, 3.05) is 39.5 Å². The van der Waals surface area contributed by atoms with E-state index in [1.807, 2.05) is 0 Å². The first-order valence-electron chi connectivity index (χ1n) is 23.4. The van der Waals surface area contributed by atoms with Gasteiger partial charge in [-0.05, 0) is 77.3 Å². The molecule has 0 bridgehead atoms. The molecule has 0 aliphatic carbocycles. The van der Waals surface area contributed by atoms with Gasteiger partial charge in [-0.3, -0.25) is 9.59 Å². The van der Waals surface area contributed by atoms with Crippen molar-refractivity contribution in [1.82, 2.24) is 4.90 Å². The molecule has 0 aliphatic rings. The maximum atomic E-state index is 12.9. The van der Waals surface area contributed by atoms with Crippen LogP contribution in [0.25, 0.3) is 0 Å². The van der Waals surface area contributed by atoms with Crippen molar-refractivity contribution in [1.29, 1.82) is 0 Å². The predicted molar refractivity (Wildman–Crippen MR) is 229 cm³/mol. The fourth-order valence-corrected chi connectivity index (χ4v) is 7.22. The third kappa shape index (κ3) is 33.9. The smallest absolute Gasteiger partial charge is 0.309 e. The lowest BCUT2D eigenvalue weighted by Crippen LogP contribution is -2.35. The molecule has 0 amide bonds. The number of rotatable bonds is 42. The summed E-state index contributed by atoms with van der Waals surface area (Å²) in [6.07, 6.45) is 37.1. The number of carbonyl (C=O) groups is 2. The molecule has 0 rings (SSSR count). The predicted octanol–water partition coefficient (Wildman–Crippen LogP) is 12.3. The highest BCUT2D eigenvalue weighted by molar-refractivity contribution is 5.72. The summed E-state index contributed by atoms with van der Waals surface area (Å²) in [4.78, 5) is 28.1. The molecule has 0 fully saturated rings. The molecule has 0 saturated carbocycles. The van der Waals surface area contributed by atoms with Crippen LogP contribution < -0.4 is 0 Å². The summed E-state index contributed by atoms with van der Waals surface area (Å²) in [7, 11) is 0. The van der Waals surface area contributed by atoms with Crippen LogP contribution in [0.1, 0.15) is 220 Å². The summed E-state index contributed by atoms with van der Waals surface area (Å²) >= 11 is 0. The topological polar surface area (TPSA) is 96.3 Å². The second kappa shape index (κ2) is 41.2. The molecule has 3 atom stereocenters. The van der Waals surface area contributed by atoms with E-state index in [0.29, 0.717) is 19.8 Å². The van der Waals surface area contributed by atoms with E-state index in [1.165, 1.54) is 89.9 Å². The van der Waals surface area contributed by atoms with Gasteiger partial charge in [0.1, 0.15) is 0 Å². The highest BCUT2D eigenvalue weighted by Crippen LogP contribution is 2.21. The molecule has 0 aromatic carbocycles. The highest BCUT2D eigenvalue weighted by atomic mass is 16.5. The van der Waals surface area contributed by atoms with Crippen LogP contribution in [0.3, 0.4) is 0 Å². The van der Waals surface area contributed by atoms with Gasteiger partial charge in [0.25, 0.3) is 0 Å². The monoisotopic (exact) mass is 766 g/mol. The summed E-state index contributed by atoms with van der Waals surface area (Å²) in [5.41, 5.74) is 0. The summed E-state index contributed by atoms with van der Waals surface area (Å²) in [5.74, 6) is 0.0234. The molecular formula is C47H91NO6. The number of carbonyl (C=O) groups excluding carboxylic acids is 2. The summed E-state index contributed by atoms with van der Waals surface area (Å²) in [6, 6.07) is 0. The zero-order valence-electron chi connectivity index (χ0n) is 36.3. The summed E-state index contributed by atoms with van der Waals surface area (Å²) in [6.45, 7) is 11.9. The van der Waals surface area contributed by atoms with Gasteiger partial charge in [0.05, 0.1) is 37.8 Å². The molecule has 7 heteroatoms. The largest absolute Gasteiger partial charge is 0.465 e. The SMILES string of the molecule is CCCCC/C=C/CC(CCCCCC)C(=O)OCCCCCCN(CCCCCCOC(=O)C(CCCCCC)CCCCCCCC)CC(O)CO. The second-order valence-corrected chi connectivity index (χ2v) is 16.2. The Hall–Kier alpha value is -1.44. The molecular weight excluding hydrogens is 675 g/mol. The van der Waals surface area contributed by atoms with Crippen molar-refractivity contribution in [2.24, 2.45) is 11.8 Å². The Balaban J connectivity index is 4.41. The number of esters is 2. The Morgan fingerprint density at radius 3 is 1.44 bits per heavy atom. The first-order chi connectivity index (χ1) is 26.4. The van der Waals surface area contributed by atoms with Crippen LogP contribution in [-0.4, -0.2) is 72.6 Å². The number of nitrogens with zero attached hydrogens (tertiary/aromatic N) is 1. The fourth-order valence-electron chi connectivity index (χ4n) is 7.22. The first kappa shape index (κ1) is 52.6. The van der Waals surface area contributed by atoms with Gasteiger partial charge in [0.2, 0.25) is 0 Å². The van der Waals surface area contributed by atoms with E-state index in [0.717, 1.165) is 116 Å². The lowest BCUT2D eigenvalue weighted by Gasteiger charge is -2.24. The van der Waals surface area contributed by atoms with Crippen LogP contribution >= 0.6 is 0 Å². The van der Waals surface area contributed by atoms with Crippen molar-refractivity contribution in [3.05, 3.63) is 12.2 Å². The molecule has 0 aliphatic heterocycles. The van der Waals surface area contributed by atoms with Gasteiger partial charge in [-0.25, -0.2) is 0 Å². The Morgan fingerprint density at radius 2 is 0.926 bits per heavy atom. The number of ether oxygens (including phenoxy) is 2. The minimum absolute atomic E-state index is 0.0188. The molecule has 2 N–H and O–H groups in total. The van der Waals surface area contributed by atoms with Gasteiger partial charge in [-0.2, -0.15) is 0 Å². The first-order valence-corrected chi connectivity index (χ1v) is 23.4. The van der Waals surface area contributed by atoms with E-state index in [9.17, 15) is 19.8 Å². The zero-order chi connectivity index (χ0) is 39.7. The van der Waals surface area contributed by atoms with Gasteiger partial charge < -0.3 is 24.6 Å². The number of unbranched alkanes of at least 4 members (excludes halogenated alkanes) is 20. The minimum Gasteiger partial charge on any atom is -0.465 e. The van der Waals surface area contributed by atoms with Gasteiger partial charge in [0.15, 0.2) is 0 Å². The highest BCUT2D eigenvalue weighted by Gasteiger charge is 2.20. The van der Waals surface area contributed by atoms with Crippen molar-refractivity contribution >= 4 is 11.9 Å². The van der Waals surface area contributed by atoms with E-state index in [2.05, 4.69) is 44.7 Å². The summed E-state index contributed by atoms with van der Waals surface area (Å²) < 4.78 is 11.5. The molecule has 320 valence electrons. The molecule has 0 saturated heterocycles. The molecule has 0 radical (unpaired) electrons. The van der Waals surface area contributed by atoms with E-state index >= 15 is 0 Å². The number of aliphatic hydroxyl groups is 2. The van der Waals surface area contributed by atoms with E-state index in [1.54, 1.807) is 0 Å². The molecule has 54 heavy (non-hydrogen) atoms. The van der Waals surface area contributed by atoms with Crippen LogP contribution in [-0.2, 0) is 19.1 Å². The van der Waals surface area contributed by atoms with E-state index in [-0.39, 0.29) is 30.4 Å². The third-order valence-corrected chi connectivity index (χ3v) is 10.9. The Kier molecular flexibility index (Phi) is 40.1. The van der Waals surface area contributed by atoms with Gasteiger partial charge in [0, 0.05) is 6.54 Å². The number of allylic oxidation sites excluding steroid dienone is 2. The van der Waals surface area contributed by atoms with E-state index in [4.69, 9.17) is 9.47 Å². The summed E-state index contributed by atoms with van der Waals surface area (Å²) in [5, 5.41) is 19.6. The quantitative estimate of drug-likeness (QED) is 0.0363. The molecule has 3 unspecified atom stereocenters. The normalized spacial score (nSPS) is 13.5. The Bertz CT molecular complexity index is 835. The van der Waals surface area contributed by atoms with Crippen LogP contribution in [0.5, 0.6) is 0 Å². The van der Waals surface area contributed by atoms with Crippen molar-refractivity contribution in [2.45, 2.75) is 226 Å². The maximum Gasteiger partial charge on any atom is 0.309 e. The van der Waals surface area contributed by atoms with Crippen LogP contribution in [0, 0.1) is 11.8 Å². The van der Waals surface area contributed by atoms with Gasteiger partial charge in [-0.15, -0.1) is 0 Å². The molecule has 0 aromatic heterocycles. The zero-order valence-corrected chi connectivity index (χ0v) is 36.3.